The van der Waals surface area contributed by atoms with Crippen molar-refractivity contribution in [2.75, 3.05) is 19.8 Å². The van der Waals surface area contributed by atoms with Gasteiger partial charge in [0, 0.05) is 18.3 Å². The van der Waals surface area contributed by atoms with Gasteiger partial charge in [0.1, 0.15) is 0 Å². The molecule has 3 nitrogen and oxygen atoms in total. The highest BCUT2D eigenvalue weighted by Crippen LogP contribution is 2.44. The predicted molar refractivity (Wildman–Crippen MR) is 123 cm³/mol. The first-order valence-corrected chi connectivity index (χ1v) is 11.8. The maximum atomic E-state index is 5.60. The summed E-state index contributed by atoms with van der Waals surface area (Å²) in [7, 11) is 5.60. The van der Waals surface area contributed by atoms with Crippen molar-refractivity contribution >= 4 is 18.9 Å². The summed E-state index contributed by atoms with van der Waals surface area (Å²) in [5, 5.41) is 4.23. The zero-order valence-corrected chi connectivity index (χ0v) is 17.9. The van der Waals surface area contributed by atoms with Gasteiger partial charge >= 0.3 is 0 Å². The van der Waals surface area contributed by atoms with Crippen molar-refractivity contribution in [3.63, 3.8) is 0 Å². The molecule has 1 aromatic heterocycles. The van der Waals surface area contributed by atoms with Crippen LogP contribution in [0.3, 0.4) is 0 Å². The molecule has 0 amide bonds. The first-order chi connectivity index (χ1) is 14.3. The first-order valence-electron chi connectivity index (χ1n) is 11.8. The van der Waals surface area contributed by atoms with Crippen molar-refractivity contribution in [2.45, 2.75) is 76.5 Å². The van der Waals surface area contributed by atoms with Gasteiger partial charge in [0.2, 0.25) is 0 Å². The number of nitrogens with zero attached hydrogens (tertiary/aromatic N) is 2. The number of fused-ring (bicyclic) bond motifs is 1. The van der Waals surface area contributed by atoms with Gasteiger partial charge in [-0.05, 0) is 87.1 Å². The molecule has 2 radical (unpaired) electrons. The predicted octanol–water partition coefficient (Wildman–Crippen LogP) is 5.56. The second kappa shape index (κ2) is 10.1. The maximum Gasteiger partial charge on any atom is 0.179 e. The summed E-state index contributed by atoms with van der Waals surface area (Å²) in [6.07, 6.45) is 17.0. The fourth-order valence-electron chi connectivity index (χ4n) is 5.92. The van der Waals surface area contributed by atoms with Crippen molar-refractivity contribution < 1.29 is 0 Å². The SMILES string of the molecule is [B]NCN1CCCC[C@@]2(CCCCC(c3ccnc4ccccc34)CCC2)CC1. The molecule has 2 fully saturated rings. The largest absolute Gasteiger partial charge is 0.355 e. The molecule has 154 valence electrons. The van der Waals surface area contributed by atoms with E-state index in [1.165, 1.54) is 94.7 Å². The lowest BCUT2D eigenvalue weighted by atomic mass is 9.71. The fraction of sp³-hybridized carbons (Fsp3) is 0.640. The smallest absolute Gasteiger partial charge is 0.179 e. The van der Waals surface area contributed by atoms with Gasteiger partial charge in [0.05, 0.1) is 5.52 Å². The maximum absolute atomic E-state index is 5.60. The monoisotopic (exact) mass is 389 g/mol. The third kappa shape index (κ3) is 5.21. The Morgan fingerprint density at radius 2 is 1.72 bits per heavy atom. The Bertz CT molecular complexity index is 774. The highest BCUT2D eigenvalue weighted by molar-refractivity contribution is 6.04. The molecular weight excluding hydrogens is 353 g/mol. The molecule has 1 aliphatic carbocycles. The van der Waals surface area contributed by atoms with E-state index in [9.17, 15) is 0 Å². The van der Waals surface area contributed by atoms with Crippen molar-refractivity contribution in [2.24, 2.45) is 5.41 Å². The molecule has 1 unspecified atom stereocenters. The van der Waals surface area contributed by atoms with Gasteiger partial charge in [-0.25, -0.2) is 0 Å². The zero-order chi connectivity index (χ0) is 19.9. The summed E-state index contributed by atoms with van der Waals surface area (Å²) in [6, 6.07) is 11.0. The highest BCUT2D eigenvalue weighted by Gasteiger charge is 2.32. The van der Waals surface area contributed by atoms with Gasteiger partial charge in [0.25, 0.3) is 0 Å². The Balaban J connectivity index is 1.46. The number of likely N-dealkylation sites (tertiary alicyclic amines) is 1. The average molecular weight is 389 g/mol. The lowest BCUT2D eigenvalue weighted by molar-refractivity contribution is 0.123. The van der Waals surface area contributed by atoms with Gasteiger partial charge in [0.15, 0.2) is 7.98 Å². The van der Waals surface area contributed by atoms with Crippen molar-refractivity contribution in [3.8, 4) is 0 Å². The van der Waals surface area contributed by atoms with Crippen LogP contribution in [0.4, 0.5) is 0 Å². The molecule has 2 aromatic rings. The van der Waals surface area contributed by atoms with Crippen LogP contribution in [0.1, 0.15) is 82.1 Å². The molecular formula is C25H36BN3. The summed E-state index contributed by atoms with van der Waals surface area (Å²) < 4.78 is 0. The standard InChI is InChI=1S/C25H36BN3/c26-28-20-29-18-6-5-14-25(16-19-29)13-4-3-8-21(9-7-15-25)22-12-17-27-24-11-2-1-10-23(22)24/h1-2,10-12,17,21,28H,3-9,13-16,18-20H2/t21?,25-/m1/s1. The topological polar surface area (TPSA) is 28.2 Å². The third-order valence-electron chi connectivity index (χ3n) is 7.60. The lowest BCUT2D eigenvalue weighted by Crippen LogP contribution is -2.39. The van der Waals surface area contributed by atoms with Crippen LogP contribution in [0, 0.1) is 5.41 Å². The van der Waals surface area contributed by atoms with Crippen LogP contribution in [-0.4, -0.2) is 37.6 Å². The molecule has 1 aliphatic heterocycles. The number of nitrogens with one attached hydrogen (secondary N) is 1. The number of hydrogen-bond acceptors (Lipinski definition) is 3. The molecule has 0 bridgehead atoms. The van der Waals surface area contributed by atoms with Gasteiger partial charge in [-0.3, -0.25) is 9.88 Å². The minimum absolute atomic E-state index is 0.558. The van der Waals surface area contributed by atoms with Gasteiger partial charge in [-0.15, -0.1) is 0 Å². The first kappa shape index (κ1) is 20.9. The Hall–Kier alpha value is -1.39. The number of para-hydroxylation sites is 1. The van der Waals surface area contributed by atoms with E-state index in [1.807, 2.05) is 6.20 Å². The third-order valence-corrected chi connectivity index (χ3v) is 7.60. The van der Waals surface area contributed by atoms with E-state index in [-0.39, 0.29) is 0 Å². The minimum atomic E-state index is 0.558. The number of hydrogen-bond donors (Lipinski definition) is 1. The number of benzene rings is 1. The van der Waals surface area contributed by atoms with E-state index >= 15 is 0 Å². The molecule has 1 aromatic carbocycles. The van der Waals surface area contributed by atoms with Gasteiger partial charge in [-0.1, -0.05) is 43.9 Å². The van der Waals surface area contributed by atoms with Crippen molar-refractivity contribution in [1.29, 1.82) is 0 Å². The second-order valence-electron chi connectivity index (χ2n) is 9.44. The van der Waals surface area contributed by atoms with Gasteiger partial charge in [-0.2, -0.15) is 0 Å². The van der Waals surface area contributed by atoms with E-state index in [2.05, 4.69) is 45.4 Å². The summed E-state index contributed by atoms with van der Waals surface area (Å²) in [5.41, 5.74) is 3.24. The molecule has 4 heteroatoms. The molecule has 2 aliphatic rings. The molecule has 29 heavy (non-hydrogen) atoms. The van der Waals surface area contributed by atoms with E-state index in [4.69, 9.17) is 7.98 Å². The minimum Gasteiger partial charge on any atom is -0.355 e. The van der Waals surface area contributed by atoms with Crippen molar-refractivity contribution in [1.82, 2.24) is 15.1 Å². The quantitative estimate of drug-likeness (QED) is 0.697. The average Bonchev–Trinajstić information content (AvgIpc) is 2.84. The Morgan fingerprint density at radius 1 is 0.931 bits per heavy atom. The zero-order valence-electron chi connectivity index (χ0n) is 17.9. The summed E-state index contributed by atoms with van der Waals surface area (Å²) in [6.45, 7) is 3.22. The molecule has 1 saturated carbocycles. The van der Waals surface area contributed by atoms with Crippen LogP contribution in [-0.2, 0) is 0 Å². The lowest BCUT2D eigenvalue weighted by Gasteiger charge is -2.38. The summed E-state index contributed by atoms with van der Waals surface area (Å²) >= 11 is 0. The second-order valence-corrected chi connectivity index (χ2v) is 9.44. The normalized spacial score (nSPS) is 27.7. The molecule has 1 saturated heterocycles. The van der Waals surface area contributed by atoms with Crippen LogP contribution in [0.15, 0.2) is 36.5 Å². The fourth-order valence-corrected chi connectivity index (χ4v) is 5.92. The molecule has 2 heterocycles. The molecule has 1 N–H and O–H groups in total. The van der Waals surface area contributed by atoms with Crippen LogP contribution in [0.5, 0.6) is 0 Å². The van der Waals surface area contributed by atoms with Crippen LogP contribution < -0.4 is 5.23 Å². The van der Waals surface area contributed by atoms with Crippen LogP contribution in [0.25, 0.3) is 10.9 Å². The molecule has 4 rings (SSSR count). The van der Waals surface area contributed by atoms with E-state index in [0.29, 0.717) is 11.3 Å². The Morgan fingerprint density at radius 3 is 2.62 bits per heavy atom. The number of rotatable bonds is 3. The van der Waals surface area contributed by atoms with Crippen LogP contribution in [0.2, 0.25) is 0 Å². The van der Waals surface area contributed by atoms with E-state index in [0.717, 1.165) is 12.2 Å². The summed E-state index contributed by atoms with van der Waals surface area (Å²) in [4.78, 5) is 7.10. The molecule has 2 atom stereocenters. The number of pyridine rings is 1. The van der Waals surface area contributed by atoms with E-state index < -0.39 is 0 Å². The van der Waals surface area contributed by atoms with E-state index in [1.54, 1.807) is 0 Å². The Labute approximate surface area is 178 Å². The number of aromatic nitrogens is 1. The van der Waals surface area contributed by atoms with Gasteiger partial charge < -0.3 is 5.23 Å². The highest BCUT2D eigenvalue weighted by atomic mass is 15.2. The Kier molecular flexibility index (Phi) is 7.26. The van der Waals surface area contributed by atoms with Crippen molar-refractivity contribution in [3.05, 3.63) is 42.1 Å². The van der Waals surface area contributed by atoms with Crippen LogP contribution >= 0.6 is 0 Å². The molecule has 1 spiro atoms. The summed E-state index contributed by atoms with van der Waals surface area (Å²) in [5.74, 6) is 0.685.